The predicted octanol–water partition coefficient (Wildman–Crippen LogP) is 2.91. The third-order valence-corrected chi connectivity index (χ3v) is 3.49. The summed E-state index contributed by atoms with van der Waals surface area (Å²) in [7, 11) is 0. The van der Waals surface area contributed by atoms with Crippen molar-refractivity contribution < 1.29 is 4.79 Å². The van der Waals surface area contributed by atoms with Gasteiger partial charge < -0.3 is 5.73 Å². The van der Waals surface area contributed by atoms with Crippen LogP contribution in [-0.2, 0) is 0 Å². The molecule has 1 aliphatic carbocycles. The van der Waals surface area contributed by atoms with Crippen molar-refractivity contribution in [3.8, 4) is 11.3 Å². The molecule has 0 atom stereocenters. The second-order valence-electron chi connectivity index (χ2n) is 4.92. The monoisotopic (exact) mass is 275 g/mol. The SMILES string of the molecule is Cc1nc(-c2ccccc2)cc([C]2[CH][CH][CH][CH]2)c1C(N)=O. The third-order valence-electron chi connectivity index (χ3n) is 3.49. The number of aromatic nitrogens is 1. The van der Waals surface area contributed by atoms with Gasteiger partial charge in [0, 0.05) is 11.5 Å². The average Bonchev–Trinajstić information content (AvgIpc) is 3.01. The Labute approximate surface area is 125 Å². The maximum absolute atomic E-state index is 11.8. The summed E-state index contributed by atoms with van der Waals surface area (Å²) in [5.74, 6) is 0.530. The molecular weight excluding hydrogens is 260 g/mol. The molecule has 5 radical (unpaired) electrons. The van der Waals surface area contributed by atoms with Crippen molar-refractivity contribution in [3.63, 3.8) is 0 Å². The fourth-order valence-corrected chi connectivity index (χ4v) is 2.52. The third kappa shape index (κ3) is 2.68. The van der Waals surface area contributed by atoms with Crippen molar-refractivity contribution in [1.82, 2.24) is 4.98 Å². The number of hydrogen-bond acceptors (Lipinski definition) is 2. The van der Waals surface area contributed by atoms with Gasteiger partial charge in [-0.05, 0) is 44.2 Å². The van der Waals surface area contributed by atoms with Crippen molar-refractivity contribution in [3.05, 3.63) is 84.8 Å². The molecule has 0 saturated heterocycles. The number of nitrogens with zero attached hydrogens (tertiary/aromatic N) is 1. The maximum atomic E-state index is 11.8. The Morgan fingerprint density at radius 1 is 1.10 bits per heavy atom. The van der Waals surface area contributed by atoms with E-state index in [1.807, 2.05) is 69.0 Å². The Hall–Kier alpha value is -2.16. The van der Waals surface area contributed by atoms with Crippen LogP contribution in [0, 0.1) is 38.5 Å². The number of primary amides is 1. The van der Waals surface area contributed by atoms with Crippen LogP contribution in [0.2, 0.25) is 0 Å². The van der Waals surface area contributed by atoms with E-state index in [1.54, 1.807) is 0 Å². The van der Waals surface area contributed by atoms with Gasteiger partial charge >= 0.3 is 0 Å². The van der Waals surface area contributed by atoms with E-state index in [2.05, 4.69) is 4.98 Å². The van der Waals surface area contributed by atoms with Crippen molar-refractivity contribution in [2.75, 3.05) is 0 Å². The lowest BCUT2D eigenvalue weighted by Crippen LogP contribution is -2.18. The van der Waals surface area contributed by atoms with E-state index in [1.165, 1.54) is 0 Å². The molecule has 3 rings (SSSR count). The number of hydrogen-bond donors (Lipinski definition) is 1. The quantitative estimate of drug-likeness (QED) is 0.936. The predicted molar refractivity (Wildman–Crippen MR) is 82.5 cm³/mol. The summed E-state index contributed by atoms with van der Waals surface area (Å²) >= 11 is 0. The summed E-state index contributed by atoms with van der Waals surface area (Å²) < 4.78 is 0. The molecule has 1 aromatic carbocycles. The lowest BCUT2D eigenvalue weighted by atomic mass is 9.90. The molecule has 2 N–H and O–H groups in total. The molecule has 1 saturated carbocycles. The number of carbonyl (C=O) groups excluding carboxylic acids is 1. The van der Waals surface area contributed by atoms with Crippen LogP contribution in [-0.4, -0.2) is 10.9 Å². The molecule has 3 heteroatoms. The summed E-state index contributed by atoms with van der Waals surface area (Å²) in [6.45, 7) is 1.82. The molecule has 0 spiro atoms. The molecule has 1 aliphatic rings. The topological polar surface area (TPSA) is 56.0 Å². The zero-order chi connectivity index (χ0) is 14.8. The molecule has 1 amide bonds. The molecule has 0 aliphatic heterocycles. The van der Waals surface area contributed by atoms with Crippen molar-refractivity contribution in [2.24, 2.45) is 5.73 Å². The van der Waals surface area contributed by atoms with Crippen LogP contribution in [0.5, 0.6) is 0 Å². The zero-order valence-corrected chi connectivity index (χ0v) is 11.7. The Morgan fingerprint density at radius 3 is 2.38 bits per heavy atom. The van der Waals surface area contributed by atoms with Gasteiger partial charge in [-0.2, -0.15) is 0 Å². The molecule has 1 heterocycles. The van der Waals surface area contributed by atoms with Gasteiger partial charge in [-0.25, -0.2) is 0 Å². The zero-order valence-electron chi connectivity index (χ0n) is 11.7. The molecule has 2 aromatic rings. The summed E-state index contributed by atoms with van der Waals surface area (Å²) in [6, 6.07) is 11.8. The summed E-state index contributed by atoms with van der Waals surface area (Å²) in [5.41, 5.74) is 9.36. The lowest BCUT2D eigenvalue weighted by molar-refractivity contribution is 0.0998. The second kappa shape index (κ2) is 5.68. The Balaban J connectivity index is 2.14. The number of pyridine rings is 1. The van der Waals surface area contributed by atoms with Crippen molar-refractivity contribution >= 4 is 5.91 Å². The second-order valence-corrected chi connectivity index (χ2v) is 4.92. The van der Waals surface area contributed by atoms with Crippen molar-refractivity contribution in [2.45, 2.75) is 6.92 Å². The van der Waals surface area contributed by atoms with Crippen LogP contribution >= 0.6 is 0 Å². The van der Waals surface area contributed by atoms with Crippen LogP contribution in [0.15, 0.2) is 36.4 Å². The number of aryl methyl sites for hydroxylation is 1. The number of carbonyl (C=O) groups is 1. The highest BCUT2D eigenvalue weighted by Gasteiger charge is 2.25. The first-order chi connectivity index (χ1) is 10.2. The summed E-state index contributed by atoms with van der Waals surface area (Å²) in [4.78, 5) is 16.3. The average molecular weight is 275 g/mol. The molecule has 0 bridgehead atoms. The van der Waals surface area contributed by atoms with Gasteiger partial charge in [0.15, 0.2) is 0 Å². The normalized spacial score (nSPS) is 15.3. The van der Waals surface area contributed by atoms with E-state index in [-0.39, 0.29) is 0 Å². The fourth-order valence-electron chi connectivity index (χ4n) is 2.52. The highest BCUT2D eigenvalue weighted by atomic mass is 16.1. The Morgan fingerprint density at radius 2 is 1.76 bits per heavy atom. The van der Waals surface area contributed by atoms with E-state index < -0.39 is 5.91 Å². The fraction of sp³-hybridized carbons (Fsp3) is 0.0556. The Kier molecular flexibility index (Phi) is 3.74. The standard InChI is InChI=1S/C18H15N2O/c1-12-17(18(19)21)15(13-7-5-6-8-13)11-16(20-12)14-9-3-2-4-10-14/h2-11H,1H3,(H2,19,21). The number of nitrogens with two attached hydrogens (primary N) is 1. The van der Waals surface area contributed by atoms with Gasteiger partial charge in [0.1, 0.15) is 0 Å². The Bertz CT molecular complexity index is 658. The minimum Gasteiger partial charge on any atom is -0.366 e. The van der Waals surface area contributed by atoms with Crippen LogP contribution < -0.4 is 5.73 Å². The lowest BCUT2D eigenvalue weighted by Gasteiger charge is -2.16. The van der Waals surface area contributed by atoms with E-state index in [9.17, 15) is 4.79 Å². The molecule has 21 heavy (non-hydrogen) atoms. The van der Waals surface area contributed by atoms with Gasteiger partial charge in [-0.3, -0.25) is 9.78 Å². The van der Waals surface area contributed by atoms with Crippen LogP contribution in [0.1, 0.15) is 21.6 Å². The molecule has 1 aromatic heterocycles. The van der Waals surface area contributed by atoms with Crippen molar-refractivity contribution in [1.29, 1.82) is 0 Å². The number of rotatable bonds is 3. The summed E-state index contributed by atoms with van der Waals surface area (Å²) in [6.07, 6.45) is 7.82. The molecule has 3 nitrogen and oxygen atoms in total. The van der Waals surface area contributed by atoms with E-state index in [0.29, 0.717) is 11.3 Å². The first-order valence-corrected chi connectivity index (χ1v) is 6.76. The van der Waals surface area contributed by atoms with E-state index in [4.69, 9.17) is 5.73 Å². The van der Waals surface area contributed by atoms with Gasteiger partial charge in [0.05, 0.1) is 17.0 Å². The minimum absolute atomic E-state index is 0.448. The van der Waals surface area contributed by atoms with Gasteiger partial charge in [-0.1, -0.05) is 30.3 Å². The van der Waals surface area contributed by atoms with Crippen LogP contribution in [0.25, 0.3) is 11.3 Å². The largest absolute Gasteiger partial charge is 0.366 e. The maximum Gasteiger partial charge on any atom is 0.250 e. The van der Waals surface area contributed by atoms with E-state index in [0.717, 1.165) is 22.7 Å². The van der Waals surface area contributed by atoms with Crippen LogP contribution in [0.4, 0.5) is 0 Å². The molecule has 103 valence electrons. The van der Waals surface area contributed by atoms with Crippen LogP contribution in [0.3, 0.4) is 0 Å². The van der Waals surface area contributed by atoms with Gasteiger partial charge in [0.2, 0.25) is 0 Å². The minimum atomic E-state index is -0.448. The summed E-state index contributed by atoms with van der Waals surface area (Å²) in [5, 5.41) is 0. The van der Waals surface area contributed by atoms with Gasteiger partial charge in [-0.15, -0.1) is 0 Å². The first-order valence-electron chi connectivity index (χ1n) is 6.76. The van der Waals surface area contributed by atoms with E-state index >= 15 is 0 Å². The number of amides is 1. The molecular formula is C18H15N2O. The smallest absolute Gasteiger partial charge is 0.250 e. The first kappa shape index (κ1) is 13.8. The highest BCUT2D eigenvalue weighted by Crippen LogP contribution is 2.34. The highest BCUT2D eigenvalue weighted by molar-refractivity contribution is 5.97. The van der Waals surface area contributed by atoms with Gasteiger partial charge in [0.25, 0.3) is 5.91 Å². The number of benzene rings is 1. The molecule has 0 unspecified atom stereocenters. The molecule has 1 fully saturated rings.